The molecule has 5 heteroatoms. The summed E-state index contributed by atoms with van der Waals surface area (Å²) >= 11 is 0. The van der Waals surface area contributed by atoms with E-state index in [0.717, 1.165) is 6.42 Å². The average molecular weight is 293 g/mol. The molecule has 0 saturated heterocycles. The van der Waals surface area contributed by atoms with Gasteiger partial charge in [0.1, 0.15) is 6.29 Å². The van der Waals surface area contributed by atoms with Crippen LogP contribution in [0.1, 0.15) is 25.7 Å². The van der Waals surface area contributed by atoms with Crippen LogP contribution in [0.5, 0.6) is 0 Å². The fraction of sp³-hybridized carbons (Fsp3) is 1.00. The van der Waals surface area contributed by atoms with Crippen LogP contribution in [0.25, 0.3) is 0 Å². The number of unbranched alkanes of at least 4 members (excludes halogenated alkanes) is 2. The summed E-state index contributed by atoms with van der Waals surface area (Å²) < 4.78 is 12.3. The Kier molecular flexibility index (Phi) is 8.15. The summed E-state index contributed by atoms with van der Waals surface area (Å²) in [6.07, 6.45) is 5.11. The summed E-state index contributed by atoms with van der Waals surface area (Å²) in [6, 6.07) is 1.43. The Morgan fingerprint density at radius 1 is 0.824 bits per heavy atom. The lowest BCUT2D eigenvalue weighted by molar-refractivity contribution is -0.0152. The fourth-order valence-electron chi connectivity index (χ4n) is 1.67. The SMILES string of the molecule is C[Si](C)(C)OC(CCCCC[SiH3])O[Si](C)(C)C. The first kappa shape index (κ1) is 17.6. The van der Waals surface area contributed by atoms with Gasteiger partial charge in [-0.1, -0.05) is 18.9 Å². The van der Waals surface area contributed by atoms with Crippen LogP contribution in [0.15, 0.2) is 0 Å². The maximum atomic E-state index is 6.15. The molecule has 0 aromatic heterocycles. The molecule has 0 fully saturated rings. The van der Waals surface area contributed by atoms with E-state index in [1.807, 2.05) is 0 Å². The number of rotatable bonds is 9. The predicted molar refractivity (Wildman–Crippen MR) is 85.9 cm³/mol. The second kappa shape index (κ2) is 7.89. The third-order valence-electron chi connectivity index (χ3n) is 2.26. The first-order valence-electron chi connectivity index (χ1n) is 7.00. The van der Waals surface area contributed by atoms with Crippen LogP contribution >= 0.6 is 0 Å². The van der Waals surface area contributed by atoms with Crippen molar-refractivity contribution in [3.63, 3.8) is 0 Å². The molecule has 0 unspecified atom stereocenters. The molecule has 0 atom stereocenters. The van der Waals surface area contributed by atoms with Crippen LogP contribution in [-0.4, -0.2) is 33.2 Å². The van der Waals surface area contributed by atoms with E-state index in [1.54, 1.807) is 0 Å². The molecule has 0 heterocycles. The molecule has 0 aromatic rings. The highest BCUT2D eigenvalue weighted by atomic mass is 28.4. The molecule has 0 spiro atoms. The van der Waals surface area contributed by atoms with Crippen molar-refractivity contribution >= 4 is 26.9 Å². The zero-order valence-electron chi connectivity index (χ0n) is 12.9. The molecule has 0 N–H and O–H groups in total. The van der Waals surface area contributed by atoms with Gasteiger partial charge in [-0.05, 0) is 52.1 Å². The second-order valence-corrected chi connectivity index (χ2v) is 16.7. The quantitative estimate of drug-likeness (QED) is 0.368. The Morgan fingerprint density at radius 2 is 1.29 bits per heavy atom. The van der Waals surface area contributed by atoms with Crippen LogP contribution in [-0.2, 0) is 8.85 Å². The van der Waals surface area contributed by atoms with Crippen molar-refractivity contribution < 1.29 is 8.85 Å². The minimum atomic E-state index is -1.48. The van der Waals surface area contributed by atoms with Crippen molar-refractivity contribution in [2.24, 2.45) is 0 Å². The largest absolute Gasteiger partial charge is 0.394 e. The Morgan fingerprint density at radius 3 is 1.65 bits per heavy atom. The summed E-state index contributed by atoms with van der Waals surface area (Å²) in [4.78, 5) is 0. The lowest BCUT2D eigenvalue weighted by Gasteiger charge is -2.31. The summed E-state index contributed by atoms with van der Waals surface area (Å²) in [6.45, 7) is 13.4. The number of hydrogen-bond donors (Lipinski definition) is 0. The molecule has 0 aromatic carbocycles. The van der Waals surface area contributed by atoms with Gasteiger partial charge in [-0.25, -0.2) is 0 Å². The average Bonchev–Trinajstić information content (AvgIpc) is 2.06. The van der Waals surface area contributed by atoms with Crippen LogP contribution in [0.3, 0.4) is 0 Å². The van der Waals surface area contributed by atoms with Gasteiger partial charge in [-0.3, -0.25) is 0 Å². The molecule has 17 heavy (non-hydrogen) atoms. The van der Waals surface area contributed by atoms with Crippen molar-refractivity contribution in [1.29, 1.82) is 0 Å². The molecule has 2 nitrogen and oxygen atoms in total. The monoisotopic (exact) mass is 292 g/mol. The van der Waals surface area contributed by atoms with Crippen LogP contribution in [0, 0.1) is 0 Å². The summed E-state index contributed by atoms with van der Waals surface area (Å²) in [5.74, 6) is 0. The van der Waals surface area contributed by atoms with E-state index >= 15 is 0 Å². The summed E-state index contributed by atoms with van der Waals surface area (Å²) in [5.41, 5.74) is 0. The van der Waals surface area contributed by atoms with Gasteiger partial charge in [0.2, 0.25) is 0 Å². The van der Waals surface area contributed by atoms with E-state index < -0.39 is 16.6 Å². The smallest absolute Gasteiger partial charge is 0.187 e. The minimum absolute atomic E-state index is 0.0578. The van der Waals surface area contributed by atoms with Crippen LogP contribution in [0.4, 0.5) is 0 Å². The van der Waals surface area contributed by atoms with Gasteiger partial charge in [0, 0.05) is 10.2 Å². The van der Waals surface area contributed by atoms with Crippen molar-refractivity contribution in [1.82, 2.24) is 0 Å². The van der Waals surface area contributed by atoms with E-state index in [-0.39, 0.29) is 6.29 Å². The van der Waals surface area contributed by atoms with Gasteiger partial charge >= 0.3 is 0 Å². The van der Waals surface area contributed by atoms with Crippen LogP contribution < -0.4 is 0 Å². The Bertz CT molecular complexity index is 181. The summed E-state index contributed by atoms with van der Waals surface area (Å²) in [5, 5.41) is 0. The van der Waals surface area contributed by atoms with Crippen molar-refractivity contribution in [2.45, 2.75) is 77.3 Å². The zero-order chi connectivity index (χ0) is 13.5. The highest BCUT2D eigenvalue weighted by Crippen LogP contribution is 2.19. The van der Waals surface area contributed by atoms with E-state index in [9.17, 15) is 0 Å². The second-order valence-electron chi connectivity index (χ2n) is 6.74. The maximum Gasteiger partial charge on any atom is 0.187 e. The van der Waals surface area contributed by atoms with Gasteiger partial charge in [0.05, 0.1) is 0 Å². The molecular weight excluding hydrogens is 260 g/mol. The van der Waals surface area contributed by atoms with E-state index in [0.29, 0.717) is 0 Å². The maximum absolute atomic E-state index is 6.15. The Hall–Kier alpha value is 0.571. The molecule has 0 bridgehead atoms. The minimum Gasteiger partial charge on any atom is -0.394 e. The number of hydrogen-bond acceptors (Lipinski definition) is 2. The molecule has 0 aliphatic carbocycles. The van der Waals surface area contributed by atoms with E-state index in [4.69, 9.17) is 8.85 Å². The lowest BCUT2D eigenvalue weighted by atomic mass is 10.2. The van der Waals surface area contributed by atoms with Crippen molar-refractivity contribution in [3.8, 4) is 0 Å². The molecule has 0 amide bonds. The topological polar surface area (TPSA) is 18.5 Å². The van der Waals surface area contributed by atoms with Crippen molar-refractivity contribution in [2.75, 3.05) is 0 Å². The predicted octanol–water partition coefficient (Wildman–Crippen LogP) is 3.36. The first-order chi connectivity index (χ1) is 7.64. The highest BCUT2D eigenvalue weighted by molar-refractivity contribution is 6.70. The first-order valence-corrected chi connectivity index (χ1v) is 15.2. The lowest BCUT2D eigenvalue weighted by Crippen LogP contribution is -2.39. The molecule has 0 rings (SSSR count). The van der Waals surface area contributed by atoms with Gasteiger partial charge in [0.25, 0.3) is 0 Å². The van der Waals surface area contributed by atoms with Gasteiger partial charge in [-0.15, -0.1) is 0 Å². The normalized spacial score (nSPS) is 13.6. The Balaban J connectivity index is 4.12. The Labute approximate surface area is 113 Å². The van der Waals surface area contributed by atoms with Crippen molar-refractivity contribution in [3.05, 3.63) is 0 Å². The van der Waals surface area contributed by atoms with E-state index in [2.05, 4.69) is 39.3 Å². The standard InChI is InChI=1S/C12H32O2Si3/c1-16(2,3)13-12(14-17(4,5)6)10-8-7-9-11-15/h12H,7-11H2,1-6,15H3. The van der Waals surface area contributed by atoms with Gasteiger partial charge in [0.15, 0.2) is 16.6 Å². The molecule has 0 aliphatic rings. The third-order valence-corrected chi connectivity index (χ3v) is 4.91. The van der Waals surface area contributed by atoms with Crippen LogP contribution in [0.2, 0.25) is 45.3 Å². The molecule has 104 valence electrons. The fourth-order valence-corrected chi connectivity index (χ4v) is 4.17. The van der Waals surface area contributed by atoms with E-state index in [1.165, 1.54) is 35.5 Å². The van der Waals surface area contributed by atoms with Gasteiger partial charge in [-0.2, -0.15) is 0 Å². The molecule has 0 radical (unpaired) electrons. The molecule has 0 aliphatic heterocycles. The zero-order valence-corrected chi connectivity index (χ0v) is 16.9. The highest BCUT2D eigenvalue weighted by Gasteiger charge is 2.26. The summed E-state index contributed by atoms with van der Waals surface area (Å²) in [7, 11) is -1.63. The third kappa shape index (κ3) is 12.8. The molecule has 0 saturated carbocycles. The van der Waals surface area contributed by atoms with Gasteiger partial charge < -0.3 is 8.85 Å². The molecular formula is C12H32O2Si3.